The number of carbonyl (C=O) groups excluding carboxylic acids is 2. The molecule has 5 heteroatoms. The van der Waals surface area contributed by atoms with E-state index < -0.39 is 6.04 Å². The molecule has 2 aromatic rings. The van der Waals surface area contributed by atoms with Gasteiger partial charge in [-0.1, -0.05) is 60.7 Å². The summed E-state index contributed by atoms with van der Waals surface area (Å²) in [4.78, 5) is 31.6. The summed E-state index contributed by atoms with van der Waals surface area (Å²) < 4.78 is 0. The second kappa shape index (κ2) is 8.62. The Morgan fingerprint density at radius 3 is 2.41 bits per heavy atom. The van der Waals surface area contributed by atoms with Crippen molar-refractivity contribution in [2.75, 3.05) is 32.7 Å². The molecule has 0 aromatic heterocycles. The van der Waals surface area contributed by atoms with E-state index in [0.717, 1.165) is 30.8 Å². The SMILES string of the molecule is C[C@H](C(=O)N1CCN(C/C=C/c2ccccc2)CC1)N1Cc2ccccc2C1=O. The van der Waals surface area contributed by atoms with Crippen molar-refractivity contribution in [3.8, 4) is 0 Å². The van der Waals surface area contributed by atoms with Crippen LogP contribution >= 0.6 is 0 Å². The summed E-state index contributed by atoms with van der Waals surface area (Å²) in [5.74, 6) is 0.0109. The maximum Gasteiger partial charge on any atom is 0.255 e. The van der Waals surface area contributed by atoms with E-state index in [1.807, 2.05) is 54.3 Å². The molecule has 1 atom stereocenters. The third-order valence-corrected chi connectivity index (χ3v) is 5.83. The molecule has 0 unspecified atom stereocenters. The van der Waals surface area contributed by atoms with Crippen LogP contribution in [0.15, 0.2) is 60.7 Å². The van der Waals surface area contributed by atoms with Gasteiger partial charge in [0, 0.05) is 44.8 Å². The zero-order valence-corrected chi connectivity index (χ0v) is 16.8. The zero-order valence-electron chi connectivity index (χ0n) is 16.8. The Bertz CT molecular complexity index is 901. The number of carbonyl (C=O) groups is 2. The van der Waals surface area contributed by atoms with Crippen LogP contribution in [0.25, 0.3) is 6.08 Å². The standard InChI is InChI=1S/C24H27N3O2/c1-19(27-18-21-11-5-6-12-22(21)24(27)29)23(28)26-16-14-25(15-17-26)13-7-10-20-8-3-2-4-9-20/h2-12,19H,13-18H2,1H3/b10-7+/t19-/m1/s1. The van der Waals surface area contributed by atoms with Crippen molar-refractivity contribution >= 4 is 17.9 Å². The van der Waals surface area contributed by atoms with Crippen LogP contribution < -0.4 is 0 Å². The highest BCUT2D eigenvalue weighted by Gasteiger charge is 2.35. The van der Waals surface area contributed by atoms with Gasteiger partial charge in [-0.25, -0.2) is 0 Å². The highest BCUT2D eigenvalue weighted by atomic mass is 16.2. The van der Waals surface area contributed by atoms with Gasteiger partial charge >= 0.3 is 0 Å². The second-order valence-electron chi connectivity index (χ2n) is 7.71. The fraction of sp³-hybridized carbons (Fsp3) is 0.333. The quantitative estimate of drug-likeness (QED) is 0.790. The molecule has 1 saturated heterocycles. The van der Waals surface area contributed by atoms with Gasteiger partial charge in [-0.2, -0.15) is 0 Å². The van der Waals surface area contributed by atoms with Crippen molar-refractivity contribution in [2.45, 2.75) is 19.5 Å². The van der Waals surface area contributed by atoms with Gasteiger partial charge in [0.15, 0.2) is 0 Å². The highest BCUT2D eigenvalue weighted by Crippen LogP contribution is 2.25. The van der Waals surface area contributed by atoms with Crippen LogP contribution in [-0.2, 0) is 11.3 Å². The lowest BCUT2D eigenvalue weighted by atomic mass is 10.1. The monoisotopic (exact) mass is 389 g/mol. The van der Waals surface area contributed by atoms with Crippen molar-refractivity contribution < 1.29 is 9.59 Å². The highest BCUT2D eigenvalue weighted by molar-refractivity contribution is 6.01. The van der Waals surface area contributed by atoms with Crippen molar-refractivity contribution in [2.24, 2.45) is 0 Å². The summed E-state index contributed by atoms with van der Waals surface area (Å²) in [5, 5.41) is 0. The van der Waals surface area contributed by atoms with Crippen molar-refractivity contribution in [1.29, 1.82) is 0 Å². The third kappa shape index (κ3) is 4.25. The maximum atomic E-state index is 13.0. The Hall–Kier alpha value is -2.92. The molecular weight excluding hydrogens is 362 g/mol. The third-order valence-electron chi connectivity index (χ3n) is 5.83. The van der Waals surface area contributed by atoms with Crippen LogP contribution in [0.2, 0.25) is 0 Å². The Morgan fingerprint density at radius 2 is 1.69 bits per heavy atom. The topological polar surface area (TPSA) is 43.9 Å². The van der Waals surface area contributed by atoms with E-state index >= 15 is 0 Å². The molecule has 150 valence electrons. The first-order valence-corrected chi connectivity index (χ1v) is 10.2. The first-order valence-electron chi connectivity index (χ1n) is 10.2. The summed E-state index contributed by atoms with van der Waals surface area (Å²) in [6.07, 6.45) is 4.31. The molecule has 1 fully saturated rings. The molecule has 2 aliphatic heterocycles. The number of fused-ring (bicyclic) bond motifs is 1. The first kappa shape index (κ1) is 19.4. The van der Waals surface area contributed by atoms with Crippen LogP contribution in [0.5, 0.6) is 0 Å². The molecule has 2 heterocycles. The smallest absolute Gasteiger partial charge is 0.255 e. The van der Waals surface area contributed by atoms with Gasteiger partial charge < -0.3 is 9.80 Å². The Morgan fingerprint density at radius 1 is 1.00 bits per heavy atom. The average molecular weight is 389 g/mol. The first-order chi connectivity index (χ1) is 14.1. The summed E-state index contributed by atoms with van der Waals surface area (Å²) >= 11 is 0. The van der Waals surface area contributed by atoms with E-state index in [2.05, 4.69) is 29.2 Å². The van der Waals surface area contributed by atoms with E-state index in [9.17, 15) is 9.59 Å². The van der Waals surface area contributed by atoms with Gasteiger partial charge in [-0.05, 0) is 24.1 Å². The molecule has 0 spiro atoms. The van der Waals surface area contributed by atoms with Crippen molar-refractivity contribution in [3.05, 3.63) is 77.4 Å². The van der Waals surface area contributed by atoms with Gasteiger partial charge in [0.05, 0.1) is 0 Å². The molecule has 4 rings (SSSR count). The zero-order chi connectivity index (χ0) is 20.2. The maximum absolute atomic E-state index is 13.0. The lowest BCUT2D eigenvalue weighted by Crippen LogP contribution is -2.54. The van der Waals surface area contributed by atoms with Gasteiger partial charge in [0.1, 0.15) is 6.04 Å². The van der Waals surface area contributed by atoms with Crippen molar-refractivity contribution in [1.82, 2.24) is 14.7 Å². The lowest BCUT2D eigenvalue weighted by molar-refractivity contribution is -0.137. The van der Waals surface area contributed by atoms with Crippen LogP contribution in [-0.4, -0.2) is 65.3 Å². The van der Waals surface area contributed by atoms with Crippen LogP contribution in [0, 0.1) is 0 Å². The number of amides is 2. The number of rotatable bonds is 5. The number of hydrogen-bond donors (Lipinski definition) is 0. The summed E-state index contributed by atoms with van der Waals surface area (Å²) in [7, 11) is 0. The molecule has 0 aliphatic carbocycles. The minimum absolute atomic E-state index is 0.0360. The minimum Gasteiger partial charge on any atom is -0.338 e. The largest absolute Gasteiger partial charge is 0.338 e. The molecule has 0 radical (unpaired) electrons. The van der Waals surface area contributed by atoms with E-state index in [4.69, 9.17) is 0 Å². The number of nitrogens with zero attached hydrogens (tertiary/aromatic N) is 3. The number of benzene rings is 2. The minimum atomic E-state index is -0.431. The van der Waals surface area contributed by atoms with Crippen LogP contribution in [0.1, 0.15) is 28.4 Å². The molecule has 5 nitrogen and oxygen atoms in total. The van der Waals surface area contributed by atoms with Gasteiger partial charge in [-0.15, -0.1) is 0 Å². The normalized spacial score (nSPS) is 18.3. The molecule has 0 N–H and O–H groups in total. The number of piperazine rings is 1. The molecule has 2 aromatic carbocycles. The van der Waals surface area contributed by atoms with E-state index in [-0.39, 0.29) is 11.8 Å². The molecule has 0 saturated carbocycles. The van der Waals surface area contributed by atoms with Crippen LogP contribution in [0.3, 0.4) is 0 Å². The average Bonchev–Trinajstić information content (AvgIpc) is 3.11. The Balaban J connectivity index is 1.28. The molecule has 29 heavy (non-hydrogen) atoms. The predicted octanol–water partition coefficient (Wildman–Crippen LogP) is 2.89. The molecule has 2 amide bonds. The molecular formula is C24H27N3O2. The number of hydrogen-bond acceptors (Lipinski definition) is 3. The Kier molecular flexibility index (Phi) is 5.76. The summed E-state index contributed by atoms with van der Waals surface area (Å²) in [5.41, 5.74) is 2.93. The van der Waals surface area contributed by atoms with Crippen molar-refractivity contribution in [3.63, 3.8) is 0 Å². The molecule has 0 bridgehead atoms. The molecule has 2 aliphatic rings. The Labute approximate surface area is 172 Å². The fourth-order valence-corrected chi connectivity index (χ4v) is 4.04. The van der Waals surface area contributed by atoms with E-state index in [0.29, 0.717) is 19.6 Å². The van der Waals surface area contributed by atoms with Crippen LogP contribution in [0.4, 0.5) is 0 Å². The fourth-order valence-electron chi connectivity index (χ4n) is 4.04. The summed E-state index contributed by atoms with van der Waals surface area (Å²) in [6.45, 7) is 6.37. The van der Waals surface area contributed by atoms with Gasteiger partial charge in [0.25, 0.3) is 5.91 Å². The van der Waals surface area contributed by atoms with Gasteiger partial charge in [0.2, 0.25) is 5.91 Å². The predicted molar refractivity (Wildman–Crippen MR) is 114 cm³/mol. The van der Waals surface area contributed by atoms with Gasteiger partial charge in [-0.3, -0.25) is 14.5 Å². The van der Waals surface area contributed by atoms with E-state index in [1.165, 1.54) is 5.56 Å². The lowest BCUT2D eigenvalue weighted by Gasteiger charge is -2.37. The summed E-state index contributed by atoms with van der Waals surface area (Å²) in [6, 6.07) is 17.5. The van der Waals surface area contributed by atoms with E-state index in [1.54, 1.807) is 4.90 Å². The second-order valence-corrected chi connectivity index (χ2v) is 7.71.